The van der Waals surface area contributed by atoms with Crippen LogP contribution < -0.4 is 4.74 Å². The number of imidazole rings is 1. The number of fused-ring (bicyclic) bond motifs is 1. The maximum absolute atomic E-state index is 5.82. The fourth-order valence-electron chi connectivity index (χ4n) is 3.23. The Labute approximate surface area is 170 Å². The maximum Gasteiger partial charge on any atom is 0.120 e. The van der Waals surface area contributed by atoms with Crippen LogP contribution in [0.1, 0.15) is 18.7 Å². The number of ether oxygens (including phenoxy) is 1. The van der Waals surface area contributed by atoms with Crippen LogP contribution in [0.5, 0.6) is 5.75 Å². The minimum atomic E-state index is 0.741. The maximum atomic E-state index is 5.82. The number of nitrogens with zero attached hydrogens (tertiary/aromatic N) is 2. The molecule has 3 aromatic carbocycles. The monoisotopic (exact) mass is 388 g/mol. The Hall–Kier alpha value is -2.72. The second-order valence-corrected chi connectivity index (χ2v) is 7.69. The third kappa shape index (κ3) is 4.76. The molecule has 0 aliphatic rings. The number of para-hydroxylation sites is 3. The van der Waals surface area contributed by atoms with Gasteiger partial charge in [0.2, 0.25) is 0 Å². The number of benzene rings is 3. The van der Waals surface area contributed by atoms with Gasteiger partial charge >= 0.3 is 0 Å². The lowest BCUT2D eigenvalue weighted by Gasteiger charge is -2.10. The lowest BCUT2D eigenvalue weighted by molar-refractivity contribution is 0.303. The molecule has 4 heteroatoms. The van der Waals surface area contributed by atoms with Crippen molar-refractivity contribution >= 4 is 22.8 Å². The van der Waals surface area contributed by atoms with Crippen LogP contribution in [0.25, 0.3) is 11.0 Å². The molecule has 0 saturated carbocycles. The first-order valence-electron chi connectivity index (χ1n) is 9.70. The lowest BCUT2D eigenvalue weighted by Crippen LogP contribution is -2.05. The second-order valence-electron chi connectivity index (χ2n) is 6.64. The number of hydrogen-bond donors (Lipinski definition) is 0. The topological polar surface area (TPSA) is 27.1 Å². The molecule has 0 spiro atoms. The van der Waals surface area contributed by atoms with Gasteiger partial charge < -0.3 is 9.30 Å². The normalized spacial score (nSPS) is 11.0. The quantitative estimate of drug-likeness (QED) is 0.253. The molecule has 142 valence electrons. The molecule has 0 N–H and O–H groups in total. The SMILES string of the molecule is c1ccc(OCCCCn2c(CSc3ccccc3)nc3ccccc32)cc1. The first kappa shape index (κ1) is 18.6. The smallest absolute Gasteiger partial charge is 0.120 e. The first-order valence-corrected chi connectivity index (χ1v) is 10.7. The Morgan fingerprint density at radius 2 is 1.50 bits per heavy atom. The number of hydrogen-bond acceptors (Lipinski definition) is 3. The highest BCUT2D eigenvalue weighted by Crippen LogP contribution is 2.25. The van der Waals surface area contributed by atoms with Crippen molar-refractivity contribution in [2.45, 2.75) is 30.0 Å². The zero-order valence-corrected chi connectivity index (χ0v) is 16.6. The molecule has 0 aliphatic carbocycles. The zero-order valence-electron chi connectivity index (χ0n) is 15.8. The summed E-state index contributed by atoms with van der Waals surface area (Å²) >= 11 is 1.84. The van der Waals surface area contributed by atoms with Crippen molar-refractivity contribution in [1.29, 1.82) is 0 Å². The fraction of sp³-hybridized carbons (Fsp3) is 0.208. The summed E-state index contributed by atoms with van der Waals surface area (Å²) in [6.45, 7) is 1.70. The molecule has 0 bridgehead atoms. The van der Waals surface area contributed by atoms with Gasteiger partial charge in [-0.3, -0.25) is 0 Å². The highest BCUT2D eigenvalue weighted by molar-refractivity contribution is 7.98. The van der Waals surface area contributed by atoms with Crippen molar-refractivity contribution in [3.63, 3.8) is 0 Å². The van der Waals surface area contributed by atoms with Gasteiger partial charge in [-0.15, -0.1) is 11.8 Å². The zero-order chi connectivity index (χ0) is 19.0. The lowest BCUT2D eigenvalue weighted by atomic mass is 10.3. The molecule has 4 rings (SSSR count). The molecular weight excluding hydrogens is 364 g/mol. The Bertz CT molecular complexity index is 999. The van der Waals surface area contributed by atoms with Crippen molar-refractivity contribution in [3.05, 3.63) is 90.8 Å². The van der Waals surface area contributed by atoms with Crippen molar-refractivity contribution in [3.8, 4) is 5.75 Å². The van der Waals surface area contributed by atoms with E-state index in [-0.39, 0.29) is 0 Å². The van der Waals surface area contributed by atoms with E-state index >= 15 is 0 Å². The molecule has 0 amide bonds. The van der Waals surface area contributed by atoms with Gasteiger partial charge in [0, 0.05) is 11.4 Å². The highest BCUT2D eigenvalue weighted by atomic mass is 32.2. The van der Waals surface area contributed by atoms with E-state index in [1.165, 1.54) is 10.4 Å². The fourth-order valence-corrected chi connectivity index (χ4v) is 4.09. The van der Waals surface area contributed by atoms with Gasteiger partial charge in [0.05, 0.1) is 23.4 Å². The van der Waals surface area contributed by atoms with E-state index in [2.05, 4.69) is 59.2 Å². The Morgan fingerprint density at radius 1 is 0.786 bits per heavy atom. The molecule has 0 aliphatic heterocycles. The van der Waals surface area contributed by atoms with Crippen molar-refractivity contribution < 1.29 is 4.74 Å². The summed E-state index contributed by atoms with van der Waals surface area (Å²) in [5.74, 6) is 2.95. The summed E-state index contributed by atoms with van der Waals surface area (Å²) in [6, 6.07) is 28.9. The standard InChI is InChI=1S/C24H24N2OS/c1-3-11-20(12-4-1)27-18-10-9-17-26-23-16-8-7-15-22(23)25-24(26)19-28-21-13-5-2-6-14-21/h1-8,11-16H,9-10,17-19H2. The third-order valence-electron chi connectivity index (χ3n) is 4.63. The first-order chi connectivity index (χ1) is 13.9. The summed E-state index contributed by atoms with van der Waals surface area (Å²) in [5, 5.41) is 0. The van der Waals surface area contributed by atoms with Gasteiger partial charge in [-0.05, 0) is 49.2 Å². The molecule has 28 heavy (non-hydrogen) atoms. The Morgan fingerprint density at radius 3 is 2.32 bits per heavy atom. The largest absolute Gasteiger partial charge is 0.494 e. The van der Waals surface area contributed by atoms with Crippen molar-refractivity contribution in [2.75, 3.05) is 6.61 Å². The Kier molecular flexibility index (Phi) is 6.30. The van der Waals surface area contributed by atoms with Crippen LogP contribution in [0.2, 0.25) is 0 Å². The molecule has 0 radical (unpaired) electrons. The highest BCUT2D eigenvalue weighted by Gasteiger charge is 2.10. The third-order valence-corrected chi connectivity index (χ3v) is 5.64. The minimum absolute atomic E-state index is 0.741. The molecule has 4 aromatic rings. The number of thioether (sulfide) groups is 1. The van der Waals surface area contributed by atoms with Crippen LogP contribution >= 0.6 is 11.8 Å². The van der Waals surface area contributed by atoms with Crippen LogP contribution in [0.4, 0.5) is 0 Å². The number of aryl methyl sites for hydroxylation is 1. The van der Waals surface area contributed by atoms with E-state index in [9.17, 15) is 0 Å². The molecular formula is C24H24N2OS. The van der Waals surface area contributed by atoms with Gasteiger partial charge in [0.1, 0.15) is 11.6 Å². The molecule has 0 unspecified atom stereocenters. The van der Waals surface area contributed by atoms with Crippen LogP contribution in [-0.2, 0) is 12.3 Å². The van der Waals surface area contributed by atoms with Gasteiger partial charge in [0.25, 0.3) is 0 Å². The van der Waals surface area contributed by atoms with Crippen LogP contribution in [0, 0.1) is 0 Å². The number of aromatic nitrogens is 2. The molecule has 0 atom stereocenters. The second kappa shape index (κ2) is 9.47. The van der Waals surface area contributed by atoms with Crippen molar-refractivity contribution in [1.82, 2.24) is 9.55 Å². The molecule has 0 saturated heterocycles. The van der Waals surface area contributed by atoms with E-state index < -0.39 is 0 Å². The molecule has 3 nitrogen and oxygen atoms in total. The van der Waals surface area contributed by atoms with Gasteiger partial charge in [-0.1, -0.05) is 48.5 Å². The predicted octanol–water partition coefficient (Wildman–Crippen LogP) is 6.19. The van der Waals surface area contributed by atoms with E-state index in [4.69, 9.17) is 9.72 Å². The van der Waals surface area contributed by atoms with Crippen LogP contribution in [0.3, 0.4) is 0 Å². The van der Waals surface area contributed by atoms with E-state index in [1.807, 2.05) is 42.1 Å². The molecule has 0 fully saturated rings. The summed E-state index contributed by atoms with van der Waals surface area (Å²) in [7, 11) is 0. The average Bonchev–Trinajstić information content (AvgIpc) is 3.11. The van der Waals surface area contributed by atoms with E-state index in [1.54, 1.807) is 0 Å². The van der Waals surface area contributed by atoms with Crippen LogP contribution in [-0.4, -0.2) is 16.2 Å². The number of unbranched alkanes of at least 4 members (excludes halogenated alkanes) is 1. The Balaban J connectivity index is 1.38. The average molecular weight is 389 g/mol. The summed E-state index contributed by atoms with van der Waals surface area (Å²) < 4.78 is 8.19. The van der Waals surface area contributed by atoms with Crippen molar-refractivity contribution in [2.24, 2.45) is 0 Å². The van der Waals surface area contributed by atoms with Gasteiger partial charge in [0.15, 0.2) is 0 Å². The van der Waals surface area contributed by atoms with Gasteiger partial charge in [-0.2, -0.15) is 0 Å². The minimum Gasteiger partial charge on any atom is -0.494 e. The number of rotatable bonds is 9. The molecule has 1 aromatic heterocycles. The van der Waals surface area contributed by atoms with E-state index in [0.29, 0.717) is 0 Å². The van der Waals surface area contributed by atoms with Crippen LogP contribution in [0.15, 0.2) is 89.8 Å². The summed E-state index contributed by atoms with van der Waals surface area (Å²) in [6.07, 6.45) is 2.09. The van der Waals surface area contributed by atoms with Gasteiger partial charge in [-0.25, -0.2) is 4.98 Å². The summed E-state index contributed by atoms with van der Waals surface area (Å²) in [4.78, 5) is 6.16. The molecule has 1 heterocycles. The predicted molar refractivity (Wildman–Crippen MR) is 117 cm³/mol. The van der Waals surface area contributed by atoms with E-state index in [0.717, 1.165) is 48.8 Å². The summed E-state index contributed by atoms with van der Waals surface area (Å²) in [5.41, 5.74) is 2.29.